The second-order valence-corrected chi connectivity index (χ2v) is 3.07. The fourth-order valence-electron chi connectivity index (χ4n) is 1.16. The minimum Gasteiger partial charge on any atom is -0.491 e. The smallest absolute Gasteiger partial charge is 0.324 e. The summed E-state index contributed by atoms with van der Waals surface area (Å²) >= 11 is 0. The molecule has 0 aliphatic rings. The maximum absolute atomic E-state index is 10.8. The molecule has 0 saturated carbocycles. The summed E-state index contributed by atoms with van der Waals surface area (Å²) in [4.78, 5) is 10.8. The first-order valence-corrected chi connectivity index (χ1v) is 4.88. The third-order valence-electron chi connectivity index (χ3n) is 1.91. The molecule has 5 heteroatoms. The fraction of sp³-hybridized carbons (Fsp3) is 0.364. The number of hydrogen-bond acceptors (Lipinski definition) is 3. The first kappa shape index (κ1) is 14.7. The highest BCUT2D eigenvalue weighted by molar-refractivity contribution is 5.85. The molecule has 1 aromatic rings. The van der Waals surface area contributed by atoms with Gasteiger partial charge in [0.25, 0.3) is 0 Å². The zero-order valence-corrected chi connectivity index (χ0v) is 9.87. The van der Waals surface area contributed by atoms with Crippen LogP contribution in [0.4, 0.5) is 0 Å². The molecule has 0 saturated heterocycles. The van der Waals surface area contributed by atoms with E-state index in [1.807, 2.05) is 25.1 Å². The molecule has 16 heavy (non-hydrogen) atoms. The Bertz CT molecular complexity index is 305. The van der Waals surface area contributed by atoms with Crippen molar-refractivity contribution in [3.63, 3.8) is 0 Å². The first-order valence-electron chi connectivity index (χ1n) is 4.88. The zero-order valence-electron chi connectivity index (χ0n) is 9.05. The van der Waals surface area contributed by atoms with Gasteiger partial charge in [-0.3, -0.25) is 4.79 Å². The molecule has 1 aromatic carbocycles. The van der Waals surface area contributed by atoms with Gasteiger partial charge in [0, 0.05) is 0 Å². The second-order valence-electron chi connectivity index (χ2n) is 3.07. The van der Waals surface area contributed by atoms with Crippen molar-refractivity contribution in [3.8, 4) is 5.75 Å². The Kier molecular flexibility index (Phi) is 7.33. The van der Waals surface area contributed by atoms with Crippen LogP contribution in [0.25, 0.3) is 0 Å². The highest BCUT2D eigenvalue weighted by Crippen LogP contribution is 2.08. The molecule has 0 aliphatic heterocycles. The molecule has 0 amide bonds. The number of ether oxygens (including phenoxy) is 1. The van der Waals surface area contributed by atoms with E-state index < -0.39 is 12.0 Å². The number of carboxylic acids is 1. The minimum absolute atomic E-state index is 0. The van der Waals surface area contributed by atoms with Crippen molar-refractivity contribution in [2.45, 2.75) is 13.0 Å². The van der Waals surface area contributed by atoms with E-state index in [4.69, 9.17) is 9.84 Å². The van der Waals surface area contributed by atoms with Gasteiger partial charge in [-0.2, -0.15) is 0 Å². The van der Waals surface area contributed by atoms with Crippen LogP contribution in [0, 0.1) is 0 Å². The molecule has 0 heterocycles. The average molecular weight is 246 g/mol. The van der Waals surface area contributed by atoms with Crippen molar-refractivity contribution >= 4 is 18.4 Å². The predicted molar refractivity (Wildman–Crippen MR) is 64.3 cm³/mol. The van der Waals surface area contributed by atoms with Gasteiger partial charge >= 0.3 is 5.97 Å². The number of para-hydroxylation sites is 1. The van der Waals surface area contributed by atoms with E-state index in [1.165, 1.54) is 0 Å². The molecule has 1 atom stereocenters. The summed E-state index contributed by atoms with van der Waals surface area (Å²) in [5.41, 5.74) is 0. The van der Waals surface area contributed by atoms with Crippen LogP contribution in [-0.2, 0) is 4.79 Å². The number of carbonyl (C=O) groups is 1. The Labute approximate surface area is 101 Å². The minimum atomic E-state index is -0.896. The van der Waals surface area contributed by atoms with E-state index in [0.29, 0.717) is 12.3 Å². The quantitative estimate of drug-likeness (QED) is 0.799. The maximum atomic E-state index is 10.8. The van der Waals surface area contributed by atoms with E-state index in [9.17, 15) is 4.79 Å². The molecule has 0 unspecified atom stereocenters. The van der Waals surface area contributed by atoms with Crippen LogP contribution >= 0.6 is 12.4 Å². The van der Waals surface area contributed by atoms with Gasteiger partial charge in [0.1, 0.15) is 18.4 Å². The molecule has 0 spiro atoms. The number of likely N-dealkylation sites (N-methyl/N-ethyl adjacent to an activating group) is 1. The monoisotopic (exact) mass is 245 g/mol. The SMILES string of the molecule is CCN[C@@H](COc1ccccc1)C(=O)O.Cl. The van der Waals surface area contributed by atoms with Gasteiger partial charge in [0.2, 0.25) is 0 Å². The van der Waals surface area contributed by atoms with Gasteiger partial charge < -0.3 is 15.2 Å². The van der Waals surface area contributed by atoms with Gasteiger partial charge in [0.05, 0.1) is 0 Å². The third kappa shape index (κ3) is 5.00. The van der Waals surface area contributed by atoms with E-state index in [0.717, 1.165) is 0 Å². The normalized spacial score (nSPS) is 11.3. The van der Waals surface area contributed by atoms with Crippen LogP contribution in [0.5, 0.6) is 5.75 Å². The number of hydrogen-bond donors (Lipinski definition) is 2. The summed E-state index contributed by atoms with van der Waals surface area (Å²) < 4.78 is 5.34. The lowest BCUT2D eigenvalue weighted by atomic mass is 10.3. The Morgan fingerprint density at radius 2 is 2.06 bits per heavy atom. The Morgan fingerprint density at radius 3 is 2.56 bits per heavy atom. The molecule has 2 N–H and O–H groups in total. The van der Waals surface area contributed by atoms with Crippen LogP contribution in [0.3, 0.4) is 0 Å². The maximum Gasteiger partial charge on any atom is 0.324 e. The van der Waals surface area contributed by atoms with Crippen LogP contribution in [-0.4, -0.2) is 30.3 Å². The zero-order chi connectivity index (χ0) is 11.1. The van der Waals surface area contributed by atoms with Gasteiger partial charge in [0.15, 0.2) is 0 Å². The predicted octanol–water partition coefficient (Wildman–Crippen LogP) is 1.55. The van der Waals surface area contributed by atoms with E-state index in [-0.39, 0.29) is 19.0 Å². The average Bonchev–Trinajstić information content (AvgIpc) is 2.25. The summed E-state index contributed by atoms with van der Waals surface area (Å²) in [6.45, 7) is 2.60. The number of aliphatic carboxylic acids is 1. The van der Waals surface area contributed by atoms with Crippen LogP contribution in [0.15, 0.2) is 30.3 Å². The summed E-state index contributed by atoms with van der Waals surface area (Å²) in [6.07, 6.45) is 0. The summed E-state index contributed by atoms with van der Waals surface area (Å²) in [7, 11) is 0. The van der Waals surface area contributed by atoms with E-state index >= 15 is 0 Å². The molecule has 90 valence electrons. The van der Waals surface area contributed by atoms with Gasteiger partial charge in [-0.15, -0.1) is 12.4 Å². The summed E-state index contributed by atoms with van der Waals surface area (Å²) in [5, 5.41) is 11.7. The van der Waals surface area contributed by atoms with Crippen molar-refractivity contribution < 1.29 is 14.6 Å². The van der Waals surface area contributed by atoms with Gasteiger partial charge in [-0.25, -0.2) is 0 Å². The topological polar surface area (TPSA) is 58.6 Å². The van der Waals surface area contributed by atoms with E-state index in [2.05, 4.69) is 5.32 Å². The summed E-state index contributed by atoms with van der Waals surface area (Å²) in [5.74, 6) is -0.213. The lowest BCUT2D eigenvalue weighted by Crippen LogP contribution is -2.41. The van der Waals surface area contributed by atoms with Crippen LogP contribution in [0.1, 0.15) is 6.92 Å². The van der Waals surface area contributed by atoms with Crippen molar-refractivity contribution in [1.29, 1.82) is 0 Å². The third-order valence-corrected chi connectivity index (χ3v) is 1.91. The Balaban J connectivity index is 0.00000225. The Morgan fingerprint density at radius 1 is 1.44 bits per heavy atom. The number of nitrogens with one attached hydrogen (secondary N) is 1. The van der Waals surface area contributed by atoms with Gasteiger partial charge in [-0.1, -0.05) is 25.1 Å². The molecule has 0 fully saturated rings. The molecule has 0 aliphatic carbocycles. The molecule has 0 bridgehead atoms. The van der Waals surface area contributed by atoms with E-state index in [1.54, 1.807) is 12.1 Å². The first-order chi connectivity index (χ1) is 7.24. The largest absolute Gasteiger partial charge is 0.491 e. The van der Waals surface area contributed by atoms with Crippen molar-refractivity contribution in [2.75, 3.05) is 13.2 Å². The Hall–Kier alpha value is -1.26. The molecule has 0 aromatic heterocycles. The molecule has 1 rings (SSSR count). The number of benzene rings is 1. The second kappa shape index (κ2) is 7.96. The molecule has 0 radical (unpaired) electrons. The molecular weight excluding hydrogens is 230 g/mol. The lowest BCUT2D eigenvalue weighted by Gasteiger charge is -2.13. The van der Waals surface area contributed by atoms with Gasteiger partial charge in [-0.05, 0) is 18.7 Å². The highest BCUT2D eigenvalue weighted by Gasteiger charge is 2.16. The van der Waals surface area contributed by atoms with Crippen LogP contribution < -0.4 is 10.1 Å². The van der Waals surface area contributed by atoms with Crippen molar-refractivity contribution in [2.24, 2.45) is 0 Å². The molecular formula is C11H16ClNO3. The molecule has 4 nitrogen and oxygen atoms in total. The number of halogens is 1. The highest BCUT2D eigenvalue weighted by atomic mass is 35.5. The number of rotatable bonds is 6. The fourth-order valence-corrected chi connectivity index (χ4v) is 1.16. The van der Waals surface area contributed by atoms with Crippen LogP contribution in [0.2, 0.25) is 0 Å². The standard InChI is InChI=1S/C11H15NO3.ClH/c1-2-12-10(11(13)14)8-15-9-6-4-3-5-7-9;/h3-7,10,12H,2,8H2,1H3,(H,13,14);1H/t10-;/m0./s1. The number of carboxylic acid groups (broad SMARTS) is 1. The van der Waals surface area contributed by atoms with Crippen molar-refractivity contribution in [3.05, 3.63) is 30.3 Å². The van der Waals surface area contributed by atoms with Crippen molar-refractivity contribution in [1.82, 2.24) is 5.32 Å². The lowest BCUT2D eigenvalue weighted by molar-refractivity contribution is -0.140. The summed E-state index contributed by atoms with van der Waals surface area (Å²) in [6, 6.07) is 8.51.